The number of halogens is 1. The summed E-state index contributed by atoms with van der Waals surface area (Å²) in [6.45, 7) is 8.78. The van der Waals surface area contributed by atoms with Crippen molar-refractivity contribution in [3.8, 4) is 5.69 Å². The maximum absolute atomic E-state index is 13.5. The van der Waals surface area contributed by atoms with Crippen molar-refractivity contribution in [2.45, 2.75) is 26.8 Å². The molecule has 0 radical (unpaired) electrons. The monoisotopic (exact) mass is 438 g/mol. The molecule has 1 unspecified atom stereocenters. The molecule has 6 nitrogen and oxygen atoms in total. The third-order valence-electron chi connectivity index (χ3n) is 5.93. The van der Waals surface area contributed by atoms with Crippen molar-refractivity contribution < 1.29 is 4.79 Å². The standard InChI is InChI=1S/C24H27ClN4O2/c1-16(2)23(30)28-14-12-27(13-15-28)17(3)22-26-21-7-5-4-6-20(21)24(31)29(22)19-10-8-18(25)9-11-19/h4-11,16-17H,12-15H2,1-3H3. The highest BCUT2D eigenvalue weighted by molar-refractivity contribution is 6.30. The van der Waals surface area contributed by atoms with Crippen molar-refractivity contribution in [3.63, 3.8) is 0 Å². The molecule has 1 amide bonds. The molecule has 0 aliphatic carbocycles. The maximum atomic E-state index is 13.5. The number of hydrogen-bond donors (Lipinski definition) is 0. The third kappa shape index (κ3) is 4.23. The highest BCUT2D eigenvalue weighted by Gasteiger charge is 2.28. The van der Waals surface area contributed by atoms with Gasteiger partial charge in [0.05, 0.1) is 22.6 Å². The van der Waals surface area contributed by atoms with E-state index in [2.05, 4.69) is 11.8 Å². The van der Waals surface area contributed by atoms with Gasteiger partial charge >= 0.3 is 0 Å². The molecule has 1 aliphatic rings. The Balaban J connectivity index is 1.73. The van der Waals surface area contributed by atoms with E-state index in [0.717, 1.165) is 18.8 Å². The number of rotatable bonds is 4. The molecule has 0 bridgehead atoms. The van der Waals surface area contributed by atoms with E-state index in [9.17, 15) is 9.59 Å². The number of carbonyl (C=O) groups is 1. The molecule has 4 rings (SSSR count). The lowest BCUT2D eigenvalue weighted by Gasteiger charge is -2.38. The van der Waals surface area contributed by atoms with E-state index in [1.807, 2.05) is 55.1 Å². The van der Waals surface area contributed by atoms with E-state index in [1.165, 1.54) is 0 Å². The molecule has 1 saturated heterocycles. The van der Waals surface area contributed by atoms with Crippen LogP contribution >= 0.6 is 11.6 Å². The van der Waals surface area contributed by atoms with Crippen LogP contribution in [0.3, 0.4) is 0 Å². The van der Waals surface area contributed by atoms with E-state index < -0.39 is 0 Å². The molecule has 162 valence electrons. The molecular weight excluding hydrogens is 412 g/mol. The van der Waals surface area contributed by atoms with Gasteiger partial charge in [-0.1, -0.05) is 37.6 Å². The quantitative estimate of drug-likeness (QED) is 0.619. The lowest BCUT2D eigenvalue weighted by Crippen LogP contribution is -2.50. The van der Waals surface area contributed by atoms with Crippen LogP contribution in [-0.4, -0.2) is 51.4 Å². The van der Waals surface area contributed by atoms with E-state index >= 15 is 0 Å². The molecule has 3 aromatic rings. The minimum atomic E-state index is -0.0941. The summed E-state index contributed by atoms with van der Waals surface area (Å²) in [7, 11) is 0. The molecule has 1 atom stereocenters. The Hall–Kier alpha value is -2.70. The summed E-state index contributed by atoms with van der Waals surface area (Å²) in [6.07, 6.45) is 0. The fourth-order valence-electron chi connectivity index (χ4n) is 4.13. The van der Waals surface area contributed by atoms with Gasteiger partial charge in [-0.15, -0.1) is 0 Å². The minimum absolute atomic E-state index is 0.00112. The number of fused-ring (bicyclic) bond motifs is 1. The Labute approximate surface area is 187 Å². The van der Waals surface area contributed by atoms with Crippen LogP contribution < -0.4 is 5.56 Å². The first-order valence-corrected chi connectivity index (χ1v) is 11.0. The number of carbonyl (C=O) groups excluding carboxylic acids is 1. The number of nitrogens with zero attached hydrogens (tertiary/aromatic N) is 4. The molecule has 2 heterocycles. The fourth-order valence-corrected chi connectivity index (χ4v) is 4.25. The highest BCUT2D eigenvalue weighted by Crippen LogP contribution is 2.24. The number of hydrogen-bond acceptors (Lipinski definition) is 4. The van der Waals surface area contributed by atoms with E-state index in [-0.39, 0.29) is 23.4 Å². The Morgan fingerprint density at radius 2 is 1.61 bits per heavy atom. The van der Waals surface area contributed by atoms with Crippen molar-refractivity contribution in [2.75, 3.05) is 26.2 Å². The molecule has 2 aromatic carbocycles. The van der Waals surface area contributed by atoms with Gasteiger partial charge in [-0.05, 0) is 43.3 Å². The smallest absolute Gasteiger partial charge is 0.266 e. The summed E-state index contributed by atoms with van der Waals surface area (Å²) in [5, 5.41) is 1.20. The second-order valence-corrected chi connectivity index (χ2v) is 8.73. The zero-order valence-electron chi connectivity index (χ0n) is 18.1. The van der Waals surface area contributed by atoms with Crippen molar-refractivity contribution >= 4 is 28.4 Å². The summed E-state index contributed by atoms with van der Waals surface area (Å²) in [4.78, 5) is 34.9. The first-order chi connectivity index (χ1) is 14.9. The largest absolute Gasteiger partial charge is 0.340 e. The number of aromatic nitrogens is 2. The molecule has 31 heavy (non-hydrogen) atoms. The zero-order valence-corrected chi connectivity index (χ0v) is 18.8. The van der Waals surface area contributed by atoms with Crippen LogP contribution in [0, 0.1) is 5.92 Å². The second kappa shape index (κ2) is 8.81. The molecule has 0 saturated carbocycles. The van der Waals surface area contributed by atoms with Gasteiger partial charge in [0, 0.05) is 37.1 Å². The lowest BCUT2D eigenvalue weighted by atomic mass is 10.1. The van der Waals surface area contributed by atoms with E-state index in [1.54, 1.807) is 16.7 Å². The summed E-state index contributed by atoms with van der Waals surface area (Å²) >= 11 is 6.08. The Bertz CT molecular complexity index is 1150. The number of para-hydroxylation sites is 1. The number of benzene rings is 2. The average Bonchev–Trinajstić information content (AvgIpc) is 2.79. The summed E-state index contributed by atoms with van der Waals surface area (Å²) in [5.74, 6) is 0.880. The van der Waals surface area contributed by atoms with Gasteiger partial charge in [-0.3, -0.25) is 19.1 Å². The van der Waals surface area contributed by atoms with Crippen molar-refractivity contribution in [1.29, 1.82) is 0 Å². The van der Waals surface area contributed by atoms with Gasteiger partial charge in [0.2, 0.25) is 5.91 Å². The van der Waals surface area contributed by atoms with E-state index in [4.69, 9.17) is 16.6 Å². The normalized spacial score (nSPS) is 16.1. The highest BCUT2D eigenvalue weighted by atomic mass is 35.5. The minimum Gasteiger partial charge on any atom is -0.340 e. The van der Waals surface area contributed by atoms with Gasteiger partial charge in [0.1, 0.15) is 5.82 Å². The predicted octanol–water partition coefficient (Wildman–Crippen LogP) is 3.90. The second-order valence-electron chi connectivity index (χ2n) is 8.30. The van der Waals surface area contributed by atoms with Crippen LogP contribution in [-0.2, 0) is 4.79 Å². The Morgan fingerprint density at radius 3 is 2.26 bits per heavy atom. The van der Waals surface area contributed by atoms with Gasteiger partial charge in [0.15, 0.2) is 0 Å². The zero-order chi connectivity index (χ0) is 22.1. The SMILES string of the molecule is CC(C)C(=O)N1CCN(C(C)c2nc3ccccc3c(=O)n2-c2ccc(Cl)cc2)CC1. The molecule has 7 heteroatoms. The lowest BCUT2D eigenvalue weighted by molar-refractivity contribution is -0.136. The van der Waals surface area contributed by atoms with Crippen LogP contribution in [0.4, 0.5) is 0 Å². The maximum Gasteiger partial charge on any atom is 0.266 e. The van der Waals surface area contributed by atoms with Crippen LogP contribution in [0.1, 0.15) is 32.6 Å². The van der Waals surface area contributed by atoms with Crippen molar-refractivity contribution in [1.82, 2.24) is 19.4 Å². The molecule has 1 aromatic heterocycles. The first-order valence-electron chi connectivity index (χ1n) is 10.7. The predicted molar refractivity (Wildman–Crippen MR) is 124 cm³/mol. The number of piperazine rings is 1. The van der Waals surface area contributed by atoms with Crippen LogP contribution in [0.2, 0.25) is 5.02 Å². The fraction of sp³-hybridized carbons (Fsp3) is 0.375. The molecule has 0 N–H and O–H groups in total. The Morgan fingerprint density at radius 1 is 0.968 bits per heavy atom. The van der Waals surface area contributed by atoms with Gasteiger partial charge in [-0.2, -0.15) is 0 Å². The molecule has 0 spiro atoms. The van der Waals surface area contributed by atoms with E-state index in [0.29, 0.717) is 34.8 Å². The third-order valence-corrected chi connectivity index (χ3v) is 6.18. The topological polar surface area (TPSA) is 58.4 Å². The van der Waals surface area contributed by atoms with Crippen LogP contribution in [0.25, 0.3) is 16.6 Å². The summed E-state index contributed by atoms with van der Waals surface area (Å²) in [6, 6.07) is 14.6. The van der Waals surface area contributed by atoms with Crippen LogP contribution in [0.15, 0.2) is 53.3 Å². The van der Waals surface area contributed by atoms with Gasteiger partial charge < -0.3 is 4.90 Å². The van der Waals surface area contributed by atoms with Crippen LogP contribution in [0.5, 0.6) is 0 Å². The summed E-state index contributed by atoms with van der Waals surface area (Å²) < 4.78 is 1.69. The number of amides is 1. The average molecular weight is 439 g/mol. The van der Waals surface area contributed by atoms with Crippen molar-refractivity contribution in [3.05, 3.63) is 69.7 Å². The van der Waals surface area contributed by atoms with Gasteiger partial charge in [0.25, 0.3) is 5.56 Å². The molecular formula is C24H27ClN4O2. The summed E-state index contributed by atoms with van der Waals surface area (Å²) in [5.41, 5.74) is 1.33. The van der Waals surface area contributed by atoms with Crippen molar-refractivity contribution in [2.24, 2.45) is 5.92 Å². The molecule has 1 fully saturated rings. The first kappa shape index (κ1) is 21.5. The Kier molecular flexibility index (Phi) is 6.12. The van der Waals surface area contributed by atoms with Gasteiger partial charge in [-0.25, -0.2) is 4.98 Å². The molecule has 1 aliphatic heterocycles.